The Hall–Kier alpha value is -5.12. The molecule has 0 unspecified atom stereocenters. The van der Waals surface area contributed by atoms with Gasteiger partial charge in [-0.2, -0.15) is 0 Å². The van der Waals surface area contributed by atoms with E-state index in [1.807, 2.05) is 26.0 Å². The number of carbonyl (C=O) groups is 2. The number of carbonyl (C=O) groups excluding carboxylic acids is 2. The fourth-order valence-electron chi connectivity index (χ4n) is 7.33. The first kappa shape index (κ1) is 63.0. The van der Waals surface area contributed by atoms with Crippen molar-refractivity contribution in [3.63, 3.8) is 0 Å². The molecule has 0 radical (unpaired) electrons. The quantitative estimate of drug-likeness (QED) is 0.0765. The van der Waals surface area contributed by atoms with Crippen molar-refractivity contribution in [1.29, 1.82) is 0 Å². The Bertz CT molecular complexity index is 2240. The van der Waals surface area contributed by atoms with Gasteiger partial charge in [0.25, 0.3) is 0 Å². The van der Waals surface area contributed by atoms with Gasteiger partial charge >= 0.3 is 17.1 Å². The maximum Gasteiger partial charge on any atom is 3.00 e. The van der Waals surface area contributed by atoms with Gasteiger partial charge < -0.3 is 72.9 Å². The Morgan fingerprint density at radius 3 is 1.21 bits per heavy atom. The van der Waals surface area contributed by atoms with Gasteiger partial charge in [0.1, 0.15) is 13.2 Å². The number of aromatic nitrogens is 5. The number of rotatable bonds is 28. The smallest absolute Gasteiger partial charge is 0.657 e. The van der Waals surface area contributed by atoms with Gasteiger partial charge in [0.05, 0.1) is 112 Å². The van der Waals surface area contributed by atoms with Crippen molar-refractivity contribution in [3.8, 4) is 11.5 Å². The molecule has 0 fully saturated rings. The summed E-state index contributed by atoms with van der Waals surface area (Å²) in [6.07, 6.45) is 7.61. The molecule has 19 nitrogen and oxygen atoms in total. The van der Waals surface area contributed by atoms with E-state index in [-0.39, 0.29) is 43.5 Å². The number of carboxylic acid groups (broad SMARTS) is 2. The average Bonchev–Trinajstić information content (AvgIpc) is 3.94. The first-order valence-corrected chi connectivity index (χ1v) is 23.9. The monoisotopic (exact) mass is 1050 g/mol. The summed E-state index contributed by atoms with van der Waals surface area (Å²) >= 11 is 0. The minimum atomic E-state index is -1.08. The molecule has 0 spiro atoms. The van der Waals surface area contributed by atoms with Crippen LogP contribution in [0, 0.1) is 0 Å². The SMILES string of the molecule is CC(=O)[O-].CC(=O)[O-].CCc1c(CC)c2cc3nc(cnc4cc(OCCOCCOCCOC)c(OCCOCCOCCOC)cc4ncc4nc(cc1[n-]2)C(CCCO)=C4C)C(C)=C3CCCO.[Mn+3]. The average molecular weight is 1050 g/mol. The Kier molecular flexibility index (Phi) is 31.4. The summed E-state index contributed by atoms with van der Waals surface area (Å²) < 4.78 is 45.3. The van der Waals surface area contributed by atoms with Crippen molar-refractivity contribution in [2.75, 3.05) is 107 Å². The zero-order valence-electron chi connectivity index (χ0n) is 43.0. The van der Waals surface area contributed by atoms with Crippen molar-refractivity contribution in [3.05, 3.63) is 70.6 Å². The van der Waals surface area contributed by atoms with Gasteiger partial charge in [-0.05, 0) is 88.5 Å². The number of carboxylic acids is 2. The molecule has 0 aliphatic carbocycles. The van der Waals surface area contributed by atoms with E-state index in [4.69, 9.17) is 82.6 Å². The number of ether oxygens (including phenoxy) is 8. The summed E-state index contributed by atoms with van der Waals surface area (Å²) in [5.74, 6) is -1.25. The number of hydrogen-bond acceptors (Lipinski definition) is 18. The molecule has 3 aromatic rings. The van der Waals surface area contributed by atoms with E-state index in [0.717, 1.165) is 71.4 Å². The first-order valence-electron chi connectivity index (χ1n) is 23.9. The number of benzene rings is 1. The van der Waals surface area contributed by atoms with Gasteiger partial charge in [-0.1, -0.05) is 37.1 Å². The fraction of sp³-hybridized carbons (Fsp3) is 0.538. The third-order valence-corrected chi connectivity index (χ3v) is 10.7. The Morgan fingerprint density at radius 1 is 0.556 bits per heavy atom. The van der Waals surface area contributed by atoms with Gasteiger partial charge in [-0.3, -0.25) is 9.97 Å². The number of nitrogens with zero attached hydrogens (tertiary/aromatic N) is 5. The van der Waals surface area contributed by atoms with Crippen LogP contribution in [0.15, 0.2) is 36.7 Å². The molecule has 2 N–H and O–H groups in total. The van der Waals surface area contributed by atoms with Crippen LogP contribution in [0.5, 0.6) is 11.5 Å². The summed E-state index contributed by atoms with van der Waals surface area (Å²) in [4.78, 5) is 43.2. The molecular weight excluding hydrogens is 974 g/mol. The van der Waals surface area contributed by atoms with E-state index >= 15 is 0 Å². The summed E-state index contributed by atoms with van der Waals surface area (Å²) in [6.45, 7) is 15.4. The number of aliphatic hydroxyl groups excluding tert-OH is 2. The first-order chi connectivity index (χ1) is 34.3. The van der Waals surface area contributed by atoms with Gasteiger partial charge in [-0.15, -0.1) is 11.0 Å². The molecule has 1 aromatic carbocycles. The van der Waals surface area contributed by atoms with Gasteiger partial charge in [0.2, 0.25) is 0 Å². The maximum atomic E-state index is 9.85. The molecule has 0 saturated carbocycles. The molecule has 0 saturated heterocycles. The Morgan fingerprint density at radius 2 is 0.889 bits per heavy atom. The molecule has 72 heavy (non-hydrogen) atoms. The zero-order chi connectivity index (χ0) is 52.0. The van der Waals surface area contributed by atoms with E-state index in [0.29, 0.717) is 126 Å². The third-order valence-electron chi connectivity index (χ3n) is 10.7. The summed E-state index contributed by atoms with van der Waals surface area (Å²) in [5.41, 5.74) is 12.2. The predicted octanol–water partition coefficient (Wildman–Crippen LogP) is 4.13. The topological polar surface area (TPSA) is 260 Å². The molecule has 20 heteroatoms. The molecule has 396 valence electrons. The third kappa shape index (κ3) is 21.5. The van der Waals surface area contributed by atoms with Crippen molar-refractivity contribution in [2.45, 2.75) is 80.1 Å². The fourth-order valence-corrected chi connectivity index (χ4v) is 7.33. The number of hydrogen-bond donors (Lipinski definition) is 2. The summed E-state index contributed by atoms with van der Waals surface area (Å²) in [6, 6.07) is 7.78. The minimum absolute atomic E-state index is 0. The number of aliphatic carboxylic acids is 2. The predicted molar refractivity (Wildman–Crippen MR) is 266 cm³/mol. The van der Waals surface area contributed by atoms with Crippen LogP contribution in [0.2, 0.25) is 0 Å². The van der Waals surface area contributed by atoms with E-state index in [2.05, 4.69) is 26.0 Å². The Labute approximate surface area is 433 Å². The summed E-state index contributed by atoms with van der Waals surface area (Å²) in [5, 5.41) is 37.5. The van der Waals surface area contributed by atoms with Crippen molar-refractivity contribution >= 4 is 56.3 Å². The van der Waals surface area contributed by atoms with Crippen LogP contribution in [0.1, 0.15) is 101 Å². The van der Waals surface area contributed by atoms with Crippen molar-refractivity contribution < 1.29 is 85.0 Å². The Balaban J connectivity index is 0.00000183. The number of allylic oxidation sites excluding steroid dienone is 4. The molecule has 0 amide bonds. The molecular formula is C52H72MnN5O14. The number of aryl methyl sites for hydroxylation is 2. The van der Waals surface area contributed by atoms with E-state index < -0.39 is 11.9 Å². The van der Waals surface area contributed by atoms with Crippen LogP contribution < -0.4 is 24.7 Å². The maximum absolute atomic E-state index is 9.85. The zero-order valence-corrected chi connectivity index (χ0v) is 44.2. The molecule has 2 aliphatic rings. The van der Waals surface area contributed by atoms with E-state index in [9.17, 15) is 10.2 Å². The van der Waals surface area contributed by atoms with Crippen LogP contribution in [-0.4, -0.2) is 149 Å². The second-order valence-corrected chi connectivity index (χ2v) is 15.9. The van der Waals surface area contributed by atoms with Crippen LogP contribution in [0.25, 0.3) is 44.4 Å². The molecule has 6 bridgehead atoms. The number of fused-ring (bicyclic) bond motifs is 7. The largest absolute Gasteiger partial charge is 3.00 e. The minimum Gasteiger partial charge on any atom is -0.657 e. The van der Waals surface area contributed by atoms with Gasteiger partial charge in [0, 0.05) is 51.5 Å². The van der Waals surface area contributed by atoms with Gasteiger partial charge in [-0.25, -0.2) is 9.97 Å². The number of methoxy groups -OCH3 is 2. The molecule has 4 heterocycles. The van der Waals surface area contributed by atoms with Gasteiger partial charge in [0.15, 0.2) is 11.5 Å². The van der Waals surface area contributed by atoms with Crippen LogP contribution in [0.4, 0.5) is 0 Å². The van der Waals surface area contributed by atoms with Crippen molar-refractivity contribution in [1.82, 2.24) is 24.9 Å². The molecule has 0 atom stereocenters. The van der Waals surface area contributed by atoms with Crippen molar-refractivity contribution in [2.24, 2.45) is 0 Å². The van der Waals surface area contributed by atoms with E-state index in [1.54, 1.807) is 26.6 Å². The number of aliphatic hydroxyl groups is 2. The second-order valence-electron chi connectivity index (χ2n) is 15.9. The molecule has 2 aliphatic heterocycles. The van der Waals surface area contributed by atoms with Crippen LogP contribution >= 0.6 is 0 Å². The second kappa shape index (κ2) is 35.9. The molecule has 2 aromatic heterocycles. The molecule has 5 rings (SSSR count). The summed E-state index contributed by atoms with van der Waals surface area (Å²) in [7, 11) is 3.27. The van der Waals surface area contributed by atoms with E-state index in [1.165, 1.54) is 11.1 Å². The standard InChI is InChI=1S/C48H66N5O10.2C2H4O2.Mn/c1-7-35-36(8-2)40-28-42-38(12-10-14-55)34(4)46(53-42)32-50-44-30-48(63-26-24-61-22-20-59-18-16-57-6)47(62-25-23-60-21-19-58-17-15-56-5)29-43(44)49-31-45-33(3)37(11-9-13-54)41(52-45)27-39(35)51-40;2*1-2(3)4;/h27-32,54-55H,7-26H2,1-6H3;2*1H3,(H,3,4);/q-1;;;+3/p-2. The van der Waals surface area contributed by atoms with Crippen LogP contribution in [-0.2, 0) is 67.9 Å². The normalized spacial score (nSPS) is 11.8. The van der Waals surface area contributed by atoms with Crippen LogP contribution in [0.3, 0.4) is 0 Å².